The van der Waals surface area contributed by atoms with Crippen molar-refractivity contribution >= 4 is 44.7 Å². The molecule has 106 valence electrons. The fourth-order valence-corrected chi connectivity index (χ4v) is 3.64. The van der Waals surface area contributed by atoms with Gasteiger partial charge >= 0.3 is 0 Å². The molecule has 2 heterocycles. The zero-order valence-corrected chi connectivity index (χ0v) is 13.3. The van der Waals surface area contributed by atoms with Gasteiger partial charge in [0.2, 0.25) is 0 Å². The van der Waals surface area contributed by atoms with E-state index in [1.165, 1.54) is 0 Å². The topological polar surface area (TPSA) is 63.3 Å². The molecule has 0 aliphatic heterocycles. The Labute approximate surface area is 127 Å². The molecule has 2 aromatic heterocycles. The zero-order chi connectivity index (χ0) is 14.4. The molecule has 0 aromatic carbocycles. The minimum absolute atomic E-state index is 0.407. The summed E-state index contributed by atoms with van der Waals surface area (Å²) in [6.45, 7) is 3.94. The van der Waals surface area contributed by atoms with Crippen molar-refractivity contribution < 1.29 is 0 Å². The minimum Gasteiger partial charge on any atom is -0.386 e. The van der Waals surface area contributed by atoms with Gasteiger partial charge in [0.05, 0.1) is 27.3 Å². The van der Waals surface area contributed by atoms with Crippen molar-refractivity contribution in [1.29, 1.82) is 0 Å². The molecule has 0 atom stereocenters. The summed E-state index contributed by atoms with van der Waals surface area (Å²) in [4.78, 5) is 11.0. The van der Waals surface area contributed by atoms with Crippen molar-refractivity contribution in [2.45, 2.75) is 32.7 Å². The largest absolute Gasteiger partial charge is 0.386 e. The molecule has 0 spiro atoms. The highest BCUT2D eigenvalue weighted by Crippen LogP contribution is 2.40. The van der Waals surface area contributed by atoms with Crippen LogP contribution in [0.3, 0.4) is 0 Å². The number of nitrogens with one attached hydrogen (secondary N) is 1. The van der Waals surface area contributed by atoms with Crippen molar-refractivity contribution in [1.82, 2.24) is 4.98 Å². The fourth-order valence-electron chi connectivity index (χ4n) is 2.31. The summed E-state index contributed by atoms with van der Waals surface area (Å²) in [6, 6.07) is 0.407. The Morgan fingerprint density at radius 1 is 1.45 bits per heavy atom. The summed E-state index contributed by atoms with van der Waals surface area (Å²) >= 11 is 7.90. The highest BCUT2D eigenvalue weighted by molar-refractivity contribution is 7.21. The number of nitrogens with two attached hydrogens (primary N) is 1. The summed E-state index contributed by atoms with van der Waals surface area (Å²) < 4.78 is 0. The Morgan fingerprint density at radius 3 is 2.75 bits per heavy atom. The average Bonchev–Trinajstić information content (AvgIpc) is 3.14. The minimum atomic E-state index is 0.407. The molecular formula is C14H17ClN4S. The van der Waals surface area contributed by atoms with Gasteiger partial charge in [0, 0.05) is 12.4 Å². The quantitative estimate of drug-likeness (QED) is 0.674. The molecule has 0 saturated heterocycles. The van der Waals surface area contributed by atoms with Crippen LogP contribution in [0.2, 0.25) is 5.02 Å². The molecule has 1 aliphatic carbocycles. The molecule has 3 N–H and O–H groups in total. The Balaban J connectivity index is 2.25. The van der Waals surface area contributed by atoms with Gasteiger partial charge in [-0.25, -0.2) is 4.98 Å². The SMILES string of the molecule is CNc1c(C(N)=NC2CC2)sc2nc(C)c(Cl)c(C)c12. The molecule has 20 heavy (non-hydrogen) atoms. The predicted molar refractivity (Wildman–Crippen MR) is 87.4 cm³/mol. The van der Waals surface area contributed by atoms with Gasteiger partial charge in [0.15, 0.2) is 0 Å². The normalized spacial score (nSPS) is 15.9. The molecular weight excluding hydrogens is 292 g/mol. The van der Waals surface area contributed by atoms with Crippen LogP contribution in [0.25, 0.3) is 10.2 Å². The number of hydrogen-bond donors (Lipinski definition) is 2. The highest BCUT2D eigenvalue weighted by Gasteiger charge is 2.24. The van der Waals surface area contributed by atoms with E-state index in [0.717, 1.165) is 49.9 Å². The molecule has 0 radical (unpaired) electrons. The molecule has 6 heteroatoms. The molecule has 1 saturated carbocycles. The Kier molecular flexibility index (Phi) is 3.34. The second kappa shape index (κ2) is 4.90. The number of thiophene rings is 1. The molecule has 1 aliphatic rings. The van der Waals surface area contributed by atoms with Crippen LogP contribution in [-0.2, 0) is 0 Å². The van der Waals surface area contributed by atoms with Gasteiger partial charge in [0.1, 0.15) is 10.7 Å². The Hall–Kier alpha value is -1.33. The summed E-state index contributed by atoms with van der Waals surface area (Å²) in [6.07, 6.45) is 2.28. The molecule has 0 unspecified atom stereocenters. The Morgan fingerprint density at radius 2 is 2.15 bits per heavy atom. The maximum atomic E-state index is 6.32. The van der Waals surface area contributed by atoms with Gasteiger partial charge in [-0.1, -0.05) is 11.6 Å². The first kappa shape index (κ1) is 13.6. The highest BCUT2D eigenvalue weighted by atomic mass is 35.5. The van der Waals surface area contributed by atoms with E-state index in [1.54, 1.807) is 11.3 Å². The van der Waals surface area contributed by atoms with E-state index in [2.05, 4.69) is 15.3 Å². The van der Waals surface area contributed by atoms with E-state index >= 15 is 0 Å². The zero-order valence-electron chi connectivity index (χ0n) is 11.7. The average molecular weight is 309 g/mol. The van der Waals surface area contributed by atoms with Gasteiger partial charge < -0.3 is 11.1 Å². The van der Waals surface area contributed by atoms with Gasteiger partial charge in [-0.05, 0) is 32.3 Å². The summed E-state index contributed by atoms with van der Waals surface area (Å²) in [5.41, 5.74) is 9.04. The number of halogens is 1. The smallest absolute Gasteiger partial charge is 0.138 e. The van der Waals surface area contributed by atoms with E-state index in [-0.39, 0.29) is 0 Å². The third-order valence-corrected chi connectivity index (χ3v) is 5.20. The van der Waals surface area contributed by atoms with Crippen LogP contribution in [0.5, 0.6) is 0 Å². The van der Waals surface area contributed by atoms with E-state index < -0.39 is 0 Å². The lowest BCUT2D eigenvalue weighted by Crippen LogP contribution is -2.14. The van der Waals surface area contributed by atoms with E-state index in [9.17, 15) is 0 Å². The Bertz CT molecular complexity index is 716. The maximum absolute atomic E-state index is 6.32. The van der Waals surface area contributed by atoms with E-state index in [4.69, 9.17) is 17.3 Å². The number of rotatable bonds is 3. The summed E-state index contributed by atoms with van der Waals surface area (Å²) in [7, 11) is 1.89. The lowest BCUT2D eigenvalue weighted by atomic mass is 10.1. The molecule has 0 bridgehead atoms. The monoisotopic (exact) mass is 308 g/mol. The number of hydrogen-bond acceptors (Lipinski definition) is 4. The van der Waals surface area contributed by atoms with Crippen LogP contribution in [0.4, 0.5) is 5.69 Å². The molecule has 0 amide bonds. The second-order valence-electron chi connectivity index (χ2n) is 5.12. The van der Waals surface area contributed by atoms with Crippen LogP contribution >= 0.6 is 22.9 Å². The number of aliphatic imine (C=N–C) groups is 1. The lowest BCUT2D eigenvalue weighted by Gasteiger charge is -2.07. The van der Waals surface area contributed by atoms with Gasteiger partial charge in [-0.15, -0.1) is 11.3 Å². The van der Waals surface area contributed by atoms with Crippen LogP contribution < -0.4 is 11.1 Å². The summed E-state index contributed by atoms with van der Waals surface area (Å²) in [5.74, 6) is 0.605. The first-order valence-corrected chi connectivity index (χ1v) is 7.83. The third-order valence-electron chi connectivity index (χ3n) is 3.53. The molecule has 2 aromatic rings. The predicted octanol–water partition coefficient (Wildman–Crippen LogP) is 3.48. The van der Waals surface area contributed by atoms with Gasteiger partial charge in [-0.2, -0.15) is 0 Å². The van der Waals surface area contributed by atoms with Gasteiger partial charge in [0.25, 0.3) is 0 Å². The van der Waals surface area contributed by atoms with Gasteiger partial charge in [-0.3, -0.25) is 4.99 Å². The third kappa shape index (κ3) is 2.15. The fraction of sp³-hybridized carbons (Fsp3) is 0.429. The maximum Gasteiger partial charge on any atom is 0.138 e. The van der Waals surface area contributed by atoms with Crippen LogP contribution in [0.15, 0.2) is 4.99 Å². The standard InChI is InChI=1S/C14H17ClN4S/c1-6-9-11(17-3)12(13(16)19-8-4-5-8)20-14(9)18-7(2)10(6)15/h8,17H,4-5H2,1-3H3,(H2,16,19). The van der Waals surface area contributed by atoms with Crippen molar-refractivity contribution in [2.75, 3.05) is 12.4 Å². The molecule has 4 nitrogen and oxygen atoms in total. The molecule has 3 rings (SSSR count). The number of amidine groups is 1. The van der Waals surface area contributed by atoms with Crippen molar-refractivity contribution in [3.05, 3.63) is 21.2 Å². The van der Waals surface area contributed by atoms with Crippen molar-refractivity contribution in [2.24, 2.45) is 10.7 Å². The first-order chi connectivity index (χ1) is 9.52. The van der Waals surface area contributed by atoms with E-state index in [1.807, 2.05) is 20.9 Å². The van der Waals surface area contributed by atoms with Crippen LogP contribution in [0, 0.1) is 13.8 Å². The number of aromatic nitrogens is 1. The number of pyridine rings is 1. The summed E-state index contributed by atoms with van der Waals surface area (Å²) in [5, 5.41) is 5.00. The van der Waals surface area contributed by atoms with Crippen molar-refractivity contribution in [3.8, 4) is 0 Å². The van der Waals surface area contributed by atoms with Crippen LogP contribution in [-0.4, -0.2) is 23.9 Å². The first-order valence-electron chi connectivity index (χ1n) is 6.63. The van der Waals surface area contributed by atoms with Crippen molar-refractivity contribution in [3.63, 3.8) is 0 Å². The second-order valence-corrected chi connectivity index (χ2v) is 6.50. The number of anilines is 1. The number of fused-ring (bicyclic) bond motifs is 1. The van der Waals surface area contributed by atoms with Crippen LogP contribution in [0.1, 0.15) is 29.0 Å². The molecule has 1 fully saturated rings. The number of aryl methyl sites for hydroxylation is 2. The van der Waals surface area contributed by atoms with E-state index in [0.29, 0.717) is 11.9 Å². The lowest BCUT2D eigenvalue weighted by molar-refractivity contribution is 1.06. The number of nitrogens with zero attached hydrogens (tertiary/aromatic N) is 2.